The van der Waals surface area contributed by atoms with Gasteiger partial charge in [0.15, 0.2) is 0 Å². The molecule has 0 aliphatic carbocycles. The van der Waals surface area contributed by atoms with Crippen molar-refractivity contribution in [2.24, 2.45) is 0 Å². The van der Waals surface area contributed by atoms with E-state index in [0.717, 1.165) is 11.1 Å². The zero-order chi connectivity index (χ0) is 19.6. The van der Waals surface area contributed by atoms with Crippen LogP contribution < -0.4 is 10.9 Å². The summed E-state index contributed by atoms with van der Waals surface area (Å²) in [5.74, 6) is -0.634. The predicted octanol–water partition coefficient (Wildman–Crippen LogP) is 3.82. The van der Waals surface area contributed by atoms with E-state index in [0.29, 0.717) is 11.3 Å². The Morgan fingerprint density at radius 2 is 1.74 bits per heavy atom. The molecule has 0 bridgehead atoms. The van der Waals surface area contributed by atoms with E-state index >= 15 is 0 Å². The van der Waals surface area contributed by atoms with Gasteiger partial charge in [-0.2, -0.15) is 0 Å². The summed E-state index contributed by atoms with van der Waals surface area (Å²) in [6.45, 7) is 3.58. The van der Waals surface area contributed by atoms with Crippen molar-refractivity contribution in [3.8, 4) is 11.3 Å². The van der Waals surface area contributed by atoms with E-state index in [4.69, 9.17) is 0 Å². The largest absolute Gasteiger partial charge is 0.322 e. The lowest BCUT2D eigenvalue weighted by Gasteiger charge is -2.07. The molecule has 0 aliphatic rings. The van der Waals surface area contributed by atoms with Crippen molar-refractivity contribution >= 4 is 17.3 Å². The van der Waals surface area contributed by atoms with Gasteiger partial charge in [-0.1, -0.05) is 35.9 Å². The number of nitrogens with zero attached hydrogens (tertiary/aromatic N) is 1. The van der Waals surface area contributed by atoms with Gasteiger partial charge in [0, 0.05) is 23.0 Å². The van der Waals surface area contributed by atoms with Crippen LogP contribution in [0.15, 0.2) is 59.4 Å². The van der Waals surface area contributed by atoms with Gasteiger partial charge >= 0.3 is 0 Å². The van der Waals surface area contributed by atoms with Gasteiger partial charge < -0.3 is 10.3 Å². The third kappa shape index (κ3) is 3.92. The number of H-pyrrole nitrogens is 1. The van der Waals surface area contributed by atoms with Gasteiger partial charge in [0.2, 0.25) is 0 Å². The standard InChI is InChI=1S/C20H17N3O4/c1-12-3-6-14(7-4-12)17-10-9-16(20(25)22-17)19(24)21-15-8-5-13(2)18(11-15)23(26)27/h3-11H,1-2H3,(H,21,24)(H,22,25). The summed E-state index contributed by atoms with van der Waals surface area (Å²) in [5, 5.41) is 13.5. The van der Waals surface area contributed by atoms with Gasteiger partial charge in [0.05, 0.1) is 4.92 Å². The predicted molar refractivity (Wildman–Crippen MR) is 103 cm³/mol. The Morgan fingerprint density at radius 1 is 1.04 bits per heavy atom. The van der Waals surface area contributed by atoms with Crippen molar-refractivity contribution in [2.75, 3.05) is 5.32 Å². The number of aromatic nitrogens is 1. The van der Waals surface area contributed by atoms with Gasteiger partial charge in [-0.3, -0.25) is 19.7 Å². The maximum absolute atomic E-state index is 12.4. The first-order valence-corrected chi connectivity index (χ1v) is 8.22. The van der Waals surface area contributed by atoms with Crippen LogP contribution in [0.25, 0.3) is 11.3 Å². The van der Waals surface area contributed by atoms with Crippen LogP contribution in [-0.2, 0) is 0 Å². The van der Waals surface area contributed by atoms with Crippen LogP contribution in [0.2, 0.25) is 0 Å². The van der Waals surface area contributed by atoms with Crippen molar-refractivity contribution < 1.29 is 9.72 Å². The van der Waals surface area contributed by atoms with E-state index in [2.05, 4.69) is 10.3 Å². The highest BCUT2D eigenvalue weighted by Crippen LogP contribution is 2.22. The third-order valence-electron chi connectivity index (χ3n) is 4.18. The lowest BCUT2D eigenvalue weighted by Crippen LogP contribution is -2.23. The average molecular weight is 363 g/mol. The van der Waals surface area contributed by atoms with Crippen molar-refractivity contribution in [3.05, 3.63) is 91.8 Å². The lowest BCUT2D eigenvalue weighted by molar-refractivity contribution is -0.385. The monoisotopic (exact) mass is 363 g/mol. The summed E-state index contributed by atoms with van der Waals surface area (Å²) >= 11 is 0. The highest BCUT2D eigenvalue weighted by atomic mass is 16.6. The summed E-state index contributed by atoms with van der Waals surface area (Å²) < 4.78 is 0. The minimum Gasteiger partial charge on any atom is -0.322 e. The fourth-order valence-electron chi connectivity index (χ4n) is 2.64. The molecule has 7 nitrogen and oxygen atoms in total. The molecule has 0 aliphatic heterocycles. The maximum Gasteiger partial charge on any atom is 0.274 e. The number of rotatable bonds is 4. The Bertz CT molecular complexity index is 1090. The summed E-state index contributed by atoms with van der Waals surface area (Å²) in [7, 11) is 0. The van der Waals surface area contributed by atoms with Crippen LogP contribution in [0, 0.1) is 24.0 Å². The molecule has 0 radical (unpaired) electrons. The number of anilines is 1. The van der Waals surface area contributed by atoms with Gasteiger partial charge in [0.1, 0.15) is 5.56 Å². The van der Waals surface area contributed by atoms with Gasteiger partial charge in [0.25, 0.3) is 17.2 Å². The molecule has 3 rings (SSSR count). The fourth-order valence-corrected chi connectivity index (χ4v) is 2.64. The van der Waals surface area contributed by atoms with E-state index in [9.17, 15) is 19.7 Å². The number of hydrogen-bond acceptors (Lipinski definition) is 4. The number of hydrogen-bond donors (Lipinski definition) is 2. The quantitative estimate of drug-likeness (QED) is 0.543. The molecule has 2 aromatic carbocycles. The molecule has 27 heavy (non-hydrogen) atoms. The lowest BCUT2D eigenvalue weighted by atomic mass is 10.1. The Morgan fingerprint density at radius 3 is 2.37 bits per heavy atom. The van der Waals surface area contributed by atoms with Crippen LogP contribution in [0.4, 0.5) is 11.4 Å². The van der Waals surface area contributed by atoms with Crippen LogP contribution in [0.1, 0.15) is 21.5 Å². The number of benzene rings is 2. The highest BCUT2D eigenvalue weighted by Gasteiger charge is 2.15. The summed E-state index contributed by atoms with van der Waals surface area (Å²) in [6, 6.07) is 15.1. The Balaban J connectivity index is 1.85. The van der Waals surface area contributed by atoms with E-state index in [-0.39, 0.29) is 16.9 Å². The van der Waals surface area contributed by atoms with E-state index in [1.807, 2.05) is 31.2 Å². The summed E-state index contributed by atoms with van der Waals surface area (Å²) in [4.78, 5) is 37.9. The zero-order valence-corrected chi connectivity index (χ0v) is 14.8. The Labute approximate surface area is 154 Å². The molecule has 7 heteroatoms. The number of nitro groups is 1. The number of pyridine rings is 1. The molecule has 136 valence electrons. The highest BCUT2D eigenvalue weighted by molar-refractivity contribution is 6.04. The van der Waals surface area contributed by atoms with Crippen LogP contribution >= 0.6 is 0 Å². The van der Waals surface area contributed by atoms with Gasteiger partial charge in [-0.25, -0.2) is 0 Å². The molecule has 0 saturated heterocycles. The summed E-state index contributed by atoms with van der Waals surface area (Å²) in [6.07, 6.45) is 0. The normalized spacial score (nSPS) is 10.4. The van der Waals surface area contributed by atoms with E-state index in [1.165, 1.54) is 12.1 Å². The first-order chi connectivity index (χ1) is 12.8. The topological polar surface area (TPSA) is 105 Å². The molecule has 2 N–H and O–H groups in total. The number of aromatic amines is 1. The maximum atomic E-state index is 12.4. The molecule has 1 aromatic heterocycles. The van der Waals surface area contributed by atoms with Crippen molar-refractivity contribution in [3.63, 3.8) is 0 Å². The van der Waals surface area contributed by atoms with Crippen LogP contribution in [-0.4, -0.2) is 15.8 Å². The van der Waals surface area contributed by atoms with Crippen molar-refractivity contribution in [2.45, 2.75) is 13.8 Å². The molecule has 0 fully saturated rings. The second-order valence-corrected chi connectivity index (χ2v) is 6.19. The minimum atomic E-state index is -0.634. The zero-order valence-electron chi connectivity index (χ0n) is 14.8. The molecular weight excluding hydrogens is 346 g/mol. The molecule has 0 atom stereocenters. The second-order valence-electron chi connectivity index (χ2n) is 6.19. The molecule has 3 aromatic rings. The SMILES string of the molecule is Cc1ccc(-c2ccc(C(=O)Nc3ccc(C)c([N+](=O)[O-])c3)c(=O)[nH]2)cc1. The van der Waals surface area contributed by atoms with Crippen molar-refractivity contribution in [1.29, 1.82) is 0 Å². The number of nitro benzene ring substituents is 1. The Hall–Kier alpha value is -3.74. The smallest absolute Gasteiger partial charge is 0.274 e. The Kier molecular flexibility index (Phi) is 4.85. The molecular formula is C20H17N3O4. The minimum absolute atomic E-state index is 0.0749. The van der Waals surface area contributed by atoms with Crippen LogP contribution in [0.5, 0.6) is 0 Å². The van der Waals surface area contributed by atoms with E-state index in [1.54, 1.807) is 25.1 Å². The van der Waals surface area contributed by atoms with Gasteiger partial charge in [-0.05, 0) is 37.6 Å². The van der Waals surface area contributed by atoms with Gasteiger partial charge in [-0.15, -0.1) is 0 Å². The van der Waals surface area contributed by atoms with Crippen molar-refractivity contribution in [1.82, 2.24) is 4.98 Å². The molecule has 1 amide bonds. The number of aryl methyl sites for hydroxylation is 2. The third-order valence-corrected chi connectivity index (χ3v) is 4.18. The fraction of sp³-hybridized carbons (Fsp3) is 0.100. The molecule has 1 heterocycles. The number of carbonyl (C=O) groups is 1. The molecule has 0 unspecified atom stereocenters. The number of amides is 1. The first-order valence-electron chi connectivity index (χ1n) is 8.22. The first kappa shape index (κ1) is 18.1. The number of carbonyl (C=O) groups excluding carboxylic acids is 1. The van der Waals surface area contributed by atoms with Crippen LogP contribution in [0.3, 0.4) is 0 Å². The average Bonchev–Trinajstić information content (AvgIpc) is 2.63. The molecule has 0 spiro atoms. The van der Waals surface area contributed by atoms with E-state index < -0.39 is 16.4 Å². The molecule has 0 saturated carbocycles. The second kappa shape index (κ2) is 7.25. The summed E-state index contributed by atoms with van der Waals surface area (Å²) in [5.41, 5.74) is 2.56. The number of nitrogens with one attached hydrogen (secondary N) is 2.